The number of fused-ring (bicyclic) bond motifs is 2. The number of aromatic nitrogens is 2. The molecule has 174 valence electrons. The van der Waals surface area contributed by atoms with Gasteiger partial charge < -0.3 is 19.8 Å². The van der Waals surface area contributed by atoms with Crippen LogP contribution in [0.25, 0.3) is 10.8 Å². The van der Waals surface area contributed by atoms with Crippen molar-refractivity contribution in [3.05, 3.63) is 53.7 Å². The molecule has 0 bridgehead atoms. The lowest BCUT2D eigenvalue weighted by Crippen LogP contribution is -2.55. The molecular weight excluding hydrogens is 448 g/mol. The second-order valence-corrected chi connectivity index (χ2v) is 9.34. The molecule has 2 aliphatic heterocycles. The van der Waals surface area contributed by atoms with Gasteiger partial charge in [0.05, 0.1) is 30.8 Å². The monoisotopic (exact) mass is 474 g/mol. The summed E-state index contributed by atoms with van der Waals surface area (Å²) in [7, 11) is 0. The summed E-state index contributed by atoms with van der Waals surface area (Å²) in [5.41, 5.74) is 3.36. The van der Waals surface area contributed by atoms with Gasteiger partial charge >= 0.3 is 6.09 Å². The number of piperazine rings is 1. The Morgan fingerprint density at radius 1 is 1.15 bits per heavy atom. The standard InChI is InChI=1S/C25H26N6O2S/c1-34-24-27-21-16-29(22-8-4-6-17-5-2-3-7-19(17)22)12-10-20(21)23(28-24)30-13-14-31(25(32)33)18(15-30)9-11-26/h2-8,18H,9-10,12-16H2,1H3,(H,32,33)/t18-/m0/s1. The van der Waals surface area contributed by atoms with Crippen LogP contribution in [0.3, 0.4) is 0 Å². The zero-order valence-electron chi connectivity index (χ0n) is 19.0. The summed E-state index contributed by atoms with van der Waals surface area (Å²) in [5, 5.41) is 22.0. The lowest BCUT2D eigenvalue weighted by atomic mass is 10.0. The highest BCUT2D eigenvalue weighted by Gasteiger charge is 2.33. The van der Waals surface area contributed by atoms with Gasteiger partial charge in [0.1, 0.15) is 5.82 Å². The highest BCUT2D eigenvalue weighted by molar-refractivity contribution is 7.98. The van der Waals surface area contributed by atoms with Gasteiger partial charge in [0.15, 0.2) is 5.16 Å². The molecule has 1 amide bonds. The van der Waals surface area contributed by atoms with Crippen LogP contribution < -0.4 is 9.80 Å². The predicted octanol–water partition coefficient (Wildman–Crippen LogP) is 4.00. The number of carboxylic acid groups (broad SMARTS) is 1. The van der Waals surface area contributed by atoms with E-state index in [0.29, 0.717) is 31.3 Å². The van der Waals surface area contributed by atoms with E-state index in [1.165, 1.54) is 33.1 Å². The quantitative estimate of drug-likeness (QED) is 0.448. The van der Waals surface area contributed by atoms with Crippen molar-refractivity contribution >= 4 is 40.1 Å². The van der Waals surface area contributed by atoms with Crippen LogP contribution in [0.2, 0.25) is 0 Å². The largest absolute Gasteiger partial charge is 0.465 e. The summed E-state index contributed by atoms with van der Waals surface area (Å²) in [4.78, 5) is 27.3. The van der Waals surface area contributed by atoms with Crippen molar-refractivity contribution in [2.45, 2.75) is 30.6 Å². The summed E-state index contributed by atoms with van der Waals surface area (Å²) >= 11 is 1.51. The van der Waals surface area contributed by atoms with E-state index in [-0.39, 0.29) is 12.5 Å². The first-order chi connectivity index (χ1) is 16.6. The third-order valence-corrected chi connectivity index (χ3v) is 7.22. The lowest BCUT2D eigenvalue weighted by molar-refractivity contribution is 0.119. The van der Waals surface area contributed by atoms with Crippen molar-refractivity contribution in [1.82, 2.24) is 14.9 Å². The van der Waals surface area contributed by atoms with Crippen LogP contribution in [-0.2, 0) is 13.0 Å². The van der Waals surface area contributed by atoms with E-state index in [0.717, 1.165) is 30.0 Å². The first-order valence-corrected chi connectivity index (χ1v) is 12.6. The topological polar surface area (TPSA) is 96.6 Å². The molecule has 8 nitrogen and oxygen atoms in total. The van der Waals surface area contributed by atoms with E-state index in [2.05, 4.69) is 58.3 Å². The molecule has 2 aromatic carbocycles. The fourth-order valence-corrected chi connectivity index (χ4v) is 5.39. The lowest BCUT2D eigenvalue weighted by Gasteiger charge is -2.41. The predicted molar refractivity (Wildman–Crippen MR) is 133 cm³/mol. The van der Waals surface area contributed by atoms with Crippen LogP contribution >= 0.6 is 11.8 Å². The van der Waals surface area contributed by atoms with Crippen LogP contribution in [0.1, 0.15) is 17.7 Å². The average Bonchev–Trinajstić information content (AvgIpc) is 2.87. The number of rotatable bonds is 4. The van der Waals surface area contributed by atoms with E-state index in [1.807, 2.05) is 6.26 Å². The Hall–Kier alpha value is -3.51. The Kier molecular flexibility index (Phi) is 6.16. The normalized spacial score (nSPS) is 18.0. The van der Waals surface area contributed by atoms with Crippen LogP contribution in [-0.4, -0.2) is 64.5 Å². The minimum absolute atomic E-state index is 0.167. The zero-order valence-corrected chi connectivity index (χ0v) is 19.8. The number of carbonyl (C=O) groups is 1. The van der Waals surface area contributed by atoms with E-state index in [9.17, 15) is 15.2 Å². The first-order valence-electron chi connectivity index (χ1n) is 11.4. The molecule has 0 aliphatic carbocycles. The number of thioether (sulfide) groups is 1. The number of benzene rings is 2. The minimum Gasteiger partial charge on any atom is -0.465 e. The Morgan fingerprint density at radius 3 is 2.76 bits per heavy atom. The second kappa shape index (κ2) is 9.39. The van der Waals surface area contributed by atoms with Crippen LogP contribution in [0.5, 0.6) is 0 Å². The maximum absolute atomic E-state index is 11.6. The van der Waals surface area contributed by atoms with E-state index in [4.69, 9.17) is 9.97 Å². The Labute approximate surface area is 202 Å². The van der Waals surface area contributed by atoms with Crippen molar-refractivity contribution in [3.8, 4) is 6.07 Å². The molecule has 1 saturated heterocycles. The third kappa shape index (κ3) is 4.10. The molecule has 2 aliphatic rings. The molecule has 0 unspecified atom stereocenters. The van der Waals surface area contributed by atoms with Crippen molar-refractivity contribution < 1.29 is 9.90 Å². The number of amides is 1. The van der Waals surface area contributed by atoms with Crippen LogP contribution in [0.4, 0.5) is 16.3 Å². The summed E-state index contributed by atoms with van der Waals surface area (Å²) < 4.78 is 0. The minimum atomic E-state index is -0.972. The molecule has 5 rings (SSSR count). The molecule has 9 heteroatoms. The molecule has 34 heavy (non-hydrogen) atoms. The molecule has 3 aromatic rings. The zero-order chi connectivity index (χ0) is 23.7. The third-order valence-electron chi connectivity index (χ3n) is 6.67. The van der Waals surface area contributed by atoms with Crippen molar-refractivity contribution in [1.29, 1.82) is 5.26 Å². The molecular formula is C25H26N6O2S. The maximum Gasteiger partial charge on any atom is 0.407 e. The van der Waals surface area contributed by atoms with E-state index >= 15 is 0 Å². The van der Waals surface area contributed by atoms with Crippen molar-refractivity contribution in [2.75, 3.05) is 42.2 Å². The number of anilines is 2. The average molecular weight is 475 g/mol. The Bertz CT molecular complexity index is 1270. The SMILES string of the molecule is CSc1nc2c(c(N3CCN(C(=O)O)[C@@H](CC#N)C3)n1)CCN(c1cccc3ccccc13)C2. The van der Waals surface area contributed by atoms with E-state index in [1.54, 1.807) is 0 Å². The summed E-state index contributed by atoms with van der Waals surface area (Å²) in [5.74, 6) is 0.889. The van der Waals surface area contributed by atoms with Gasteiger partial charge in [0.25, 0.3) is 0 Å². The molecule has 1 fully saturated rings. The Morgan fingerprint density at radius 2 is 1.97 bits per heavy atom. The molecule has 3 heterocycles. The second-order valence-electron chi connectivity index (χ2n) is 8.57. The maximum atomic E-state index is 11.6. The summed E-state index contributed by atoms with van der Waals surface area (Å²) in [6.07, 6.45) is 1.97. The van der Waals surface area contributed by atoms with Crippen LogP contribution in [0.15, 0.2) is 47.6 Å². The van der Waals surface area contributed by atoms with Crippen molar-refractivity contribution in [3.63, 3.8) is 0 Å². The highest BCUT2D eigenvalue weighted by Crippen LogP contribution is 2.34. The number of nitriles is 1. The van der Waals surface area contributed by atoms with Gasteiger partial charge in [-0.05, 0) is 24.1 Å². The van der Waals surface area contributed by atoms with E-state index < -0.39 is 6.09 Å². The molecule has 1 atom stereocenters. The van der Waals surface area contributed by atoms with Gasteiger partial charge in [-0.15, -0.1) is 0 Å². The number of hydrogen-bond acceptors (Lipinski definition) is 7. The van der Waals surface area contributed by atoms with Gasteiger partial charge in [-0.25, -0.2) is 14.8 Å². The van der Waals surface area contributed by atoms with Gasteiger partial charge in [-0.2, -0.15) is 5.26 Å². The fourth-order valence-electron chi connectivity index (χ4n) is 5.01. The highest BCUT2D eigenvalue weighted by atomic mass is 32.2. The fraction of sp³-hybridized carbons (Fsp3) is 0.360. The molecule has 0 spiro atoms. The Balaban J connectivity index is 1.48. The summed E-state index contributed by atoms with van der Waals surface area (Å²) in [6.45, 7) is 2.93. The molecule has 1 N–H and O–H groups in total. The van der Waals surface area contributed by atoms with Gasteiger partial charge in [-0.3, -0.25) is 0 Å². The van der Waals surface area contributed by atoms with Gasteiger partial charge in [0.2, 0.25) is 0 Å². The number of hydrogen-bond donors (Lipinski definition) is 1. The molecule has 0 radical (unpaired) electrons. The van der Waals surface area contributed by atoms with Gasteiger partial charge in [0, 0.05) is 42.8 Å². The first kappa shape index (κ1) is 22.3. The van der Waals surface area contributed by atoms with Crippen LogP contribution in [0, 0.1) is 11.3 Å². The van der Waals surface area contributed by atoms with Crippen molar-refractivity contribution in [2.24, 2.45) is 0 Å². The molecule has 0 saturated carbocycles. The smallest absolute Gasteiger partial charge is 0.407 e. The number of nitrogens with zero attached hydrogens (tertiary/aromatic N) is 6. The summed E-state index contributed by atoms with van der Waals surface area (Å²) in [6, 6.07) is 16.6. The van der Waals surface area contributed by atoms with Gasteiger partial charge in [-0.1, -0.05) is 48.2 Å². The molecule has 1 aromatic heterocycles.